The maximum Gasteiger partial charge on any atom is 0.305 e. The van der Waals surface area contributed by atoms with E-state index < -0.39 is 6.29 Å². The van der Waals surface area contributed by atoms with Gasteiger partial charge in [-0.1, -0.05) is 13.8 Å². The molecule has 1 aliphatic rings. The van der Waals surface area contributed by atoms with E-state index in [1.165, 1.54) is 6.92 Å². The van der Waals surface area contributed by atoms with Gasteiger partial charge in [0.05, 0.1) is 6.10 Å². The summed E-state index contributed by atoms with van der Waals surface area (Å²) in [7, 11) is 1.61. The minimum Gasteiger partial charge on any atom is -0.433 e. The molecule has 0 saturated carbocycles. The number of methoxy groups -OCH3 is 1. The van der Waals surface area contributed by atoms with Crippen molar-refractivity contribution in [2.75, 3.05) is 7.11 Å². The highest BCUT2D eigenvalue weighted by Crippen LogP contribution is 2.31. The molecule has 1 unspecified atom stereocenters. The normalized spacial score (nSPS) is 37.1. The van der Waals surface area contributed by atoms with E-state index in [0.29, 0.717) is 0 Å². The highest BCUT2D eigenvalue weighted by atomic mass is 16.7. The quantitative estimate of drug-likeness (QED) is 0.648. The fourth-order valence-electron chi connectivity index (χ4n) is 1.89. The van der Waals surface area contributed by atoms with Crippen molar-refractivity contribution >= 4 is 5.97 Å². The molecule has 0 spiro atoms. The molecule has 4 nitrogen and oxygen atoms in total. The summed E-state index contributed by atoms with van der Waals surface area (Å²) in [5.41, 5.74) is 0. The van der Waals surface area contributed by atoms with E-state index in [1.807, 2.05) is 13.8 Å². The maximum absolute atomic E-state index is 10.8. The third-order valence-electron chi connectivity index (χ3n) is 2.64. The van der Waals surface area contributed by atoms with Crippen molar-refractivity contribution in [3.05, 3.63) is 0 Å². The van der Waals surface area contributed by atoms with E-state index in [4.69, 9.17) is 14.2 Å². The number of carbonyl (C=O) groups excluding carboxylic acids is 1. The molecule has 0 aliphatic carbocycles. The summed E-state index contributed by atoms with van der Waals surface area (Å²) in [5.74, 6) is -0.0737. The van der Waals surface area contributed by atoms with Crippen molar-refractivity contribution in [1.82, 2.24) is 0 Å². The molecule has 0 aromatic rings. The SMILES string of the molecule is CC[C@H]1OC(OC(C)=O)[C@@H](OC)[C@@H]1C. The second-order valence-electron chi connectivity index (χ2n) is 3.62. The molecule has 4 atom stereocenters. The van der Waals surface area contributed by atoms with Gasteiger partial charge in [-0.2, -0.15) is 0 Å². The standard InChI is InChI=1S/C10H18O4/c1-5-8-6(2)9(12-4)10(14-8)13-7(3)11/h6,8-10H,5H2,1-4H3/t6-,8-,9+,10?/m1/s1. The van der Waals surface area contributed by atoms with Crippen molar-refractivity contribution in [3.8, 4) is 0 Å². The Labute approximate surface area is 84.5 Å². The summed E-state index contributed by atoms with van der Waals surface area (Å²) in [5, 5.41) is 0. The zero-order valence-corrected chi connectivity index (χ0v) is 9.15. The van der Waals surface area contributed by atoms with Crippen molar-refractivity contribution < 1.29 is 19.0 Å². The Morgan fingerprint density at radius 1 is 1.50 bits per heavy atom. The Kier molecular flexibility index (Phi) is 3.89. The molecule has 0 aromatic heterocycles. The Morgan fingerprint density at radius 2 is 2.14 bits per heavy atom. The second kappa shape index (κ2) is 4.75. The summed E-state index contributed by atoms with van der Waals surface area (Å²) in [6.45, 7) is 5.47. The predicted octanol–water partition coefficient (Wildman–Crippen LogP) is 1.34. The van der Waals surface area contributed by atoms with Crippen LogP contribution in [-0.2, 0) is 19.0 Å². The van der Waals surface area contributed by atoms with E-state index >= 15 is 0 Å². The fraction of sp³-hybridized carbons (Fsp3) is 0.900. The molecule has 0 radical (unpaired) electrons. The van der Waals surface area contributed by atoms with Crippen LogP contribution in [0.25, 0.3) is 0 Å². The number of esters is 1. The first kappa shape index (κ1) is 11.5. The largest absolute Gasteiger partial charge is 0.433 e. The molecule has 1 rings (SSSR count). The van der Waals surface area contributed by atoms with Gasteiger partial charge in [0.1, 0.15) is 6.10 Å². The molecular weight excluding hydrogens is 184 g/mol. The lowest BCUT2D eigenvalue weighted by molar-refractivity contribution is -0.188. The van der Waals surface area contributed by atoms with E-state index in [-0.39, 0.29) is 24.1 Å². The summed E-state index contributed by atoms with van der Waals surface area (Å²) in [6.07, 6.45) is 0.323. The van der Waals surface area contributed by atoms with E-state index in [9.17, 15) is 4.79 Å². The van der Waals surface area contributed by atoms with Crippen LogP contribution in [0.4, 0.5) is 0 Å². The Morgan fingerprint density at radius 3 is 2.57 bits per heavy atom. The molecule has 1 fully saturated rings. The highest BCUT2D eigenvalue weighted by Gasteiger charge is 2.43. The van der Waals surface area contributed by atoms with E-state index in [2.05, 4.69) is 0 Å². The van der Waals surface area contributed by atoms with Crippen LogP contribution in [0.1, 0.15) is 27.2 Å². The molecule has 0 bridgehead atoms. The average molecular weight is 202 g/mol. The molecule has 1 aliphatic heterocycles. The predicted molar refractivity (Wildman–Crippen MR) is 50.7 cm³/mol. The summed E-state index contributed by atoms with van der Waals surface area (Å²) in [4.78, 5) is 10.8. The molecular formula is C10H18O4. The van der Waals surface area contributed by atoms with Crippen LogP contribution in [0.5, 0.6) is 0 Å². The van der Waals surface area contributed by atoms with Crippen LogP contribution in [0.15, 0.2) is 0 Å². The van der Waals surface area contributed by atoms with E-state index in [1.54, 1.807) is 7.11 Å². The lowest BCUT2D eigenvalue weighted by Gasteiger charge is -2.18. The van der Waals surface area contributed by atoms with Gasteiger partial charge in [-0.05, 0) is 6.42 Å². The van der Waals surface area contributed by atoms with Gasteiger partial charge in [0.2, 0.25) is 6.29 Å². The zero-order valence-electron chi connectivity index (χ0n) is 9.15. The molecule has 0 aromatic carbocycles. The first-order valence-corrected chi connectivity index (χ1v) is 4.95. The van der Waals surface area contributed by atoms with Gasteiger partial charge in [-0.3, -0.25) is 4.79 Å². The van der Waals surface area contributed by atoms with E-state index in [0.717, 1.165) is 6.42 Å². The average Bonchev–Trinajstić information content (AvgIpc) is 2.41. The number of rotatable bonds is 3. The van der Waals surface area contributed by atoms with Gasteiger partial charge in [-0.25, -0.2) is 0 Å². The van der Waals surface area contributed by atoms with Crippen LogP contribution < -0.4 is 0 Å². The molecule has 4 heteroatoms. The second-order valence-corrected chi connectivity index (χ2v) is 3.62. The summed E-state index contributed by atoms with van der Waals surface area (Å²) < 4.78 is 15.9. The molecule has 82 valence electrons. The number of carbonyl (C=O) groups is 1. The highest BCUT2D eigenvalue weighted by molar-refractivity contribution is 5.66. The lowest BCUT2D eigenvalue weighted by Crippen LogP contribution is -2.31. The fourth-order valence-corrected chi connectivity index (χ4v) is 1.89. The maximum atomic E-state index is 10.8. The van der Waals surface area contributed by atoms with Crippen LogP contribution in [0, 0.1) is 5.92 Å². The Bertz CT molecular complexity index is 204. The van der Waals surface area contributed by atoms with Crippen LogP contribution in [-0.4, -0.2) is 31.6 Å². The summed E-state index contributed by atoms with van der Waals surface area (Å²) >= 11 is 0. The molecule has 1 heterocycles. The van der Waals surface area contributed by atoms with Crippen molar-refractivity contribution in [3.63, 3.8) is 0 Å². The molecule has 14 heavy (non-hydrogen) atoms. The van der Waals surface area contributed by atoms with Crippen molar-refractivity contribution in [1.29, 1.82) is 0 Å². The topological polar surface area (TPSA) is 44.8 Å². The van der Waals surface area contributed by atoms with Gasteiger partial charge in [0, 0.05) is 20.0 Å². The number of hydrogen-bond donors (Lipinski definition) is 0. The minimum absolute atomic E-state index is 0.115. The van der Waals surface area contributed by atoms with Gasteiger partial charge in [0.25, 0.3) is 0 Å². The third-order valence-corrected chi connectivity index (χ3v) is 2.64. The third kappa shape index (κ3) is 2.25. The van der Waals surface area contributed by atoms with Gasteiger partial charge in [0.15, 0.2) is 0 Å². The van der Waals surface area contributed by atoms with Gasteiger partial charge >= 0.3 is 5.97 Å². The molecule has 0 amide bonds. The number of ether oxygens (including phenoxy) is 3. The van der Waals surface area contributed by atoms with Crippen molar-refractivity contribution in [2.24, 2.45) is 5.92 Å². The van der Waals surface area contributed by atoms with Crippen LogP contribution >= 0.6 is 0 Å². The number of hydrogen-bond acceptors (Lipinski definition) is 4. The smallest absolute Gasteiger partial charge is 0.305 e. The Balaban J connectivity index is 2.62. The van der Waals surface area contributed by atoms with Crippen LogP contribution in [0.2, 0.25) is 0 Å². The first-order chi connectivity index (χ1) is 6.60. The molecule has 1 saturated heterocycles. The van der Waals surface area contributed by atoms with Gasteiger partial charge < -0.3 is 14.2 Å². The Hall–Kier alpha value is -0.610. The van der Waals surface area contributed by atoms with Gasteiger partial charge in [-0.15, -0.1) is 0 Å². The monoisotopic (exact) mass is 202 g/mol. The first-order valence-electron chi connectivity index (χ1n) is 4.95. The minimum atomic E-state index is -0.544. The molecule has 0 N–H and O–H groups in total. The van der Waals surface area contributed by atoms with Crippen LogP contribution in [0.3, 0.4) is 0 Å². The zero-order chi connectivity index (χ0) is 10.7. The lowest BCUT2D eigenvalue weighted by atomic mass is 9.99. The summed E-state index contributed by atoms with van der Waals surface area (Å²) in [6, 6.07) is 0. The van der Waals surface area contributed by atoms with Crippen molar-refractivity contribution in [2.45, 2.75) is 45.7 Å².